The minimum Gasteiger partial charge on any atom is -0.486 e. The van der Waals surface area contributed by atoms with Gasteiger partial charge in [0.1, 0.15) is 0 Å². The maximum Gasteiger partial charge on any atom is 0.216 e. The second-order valence-electron chi connectivity index (χ2n) is 17.5. The van der Waals surface area contributed by atoms with Crippen LogP contribution in [-0.2, 0) is 25.5 Å². The van der Waals surface area contributed by atoms with Gasteiger partial charge in [0.15, 0.2) is 0 Å². The van der Waals surface area contributed by atoms with Crippen LogP contribution in [0.4, 0.5) is 0 Å². The summed E-state index contributed by atoms with van der Waals surface area (Å²) >= 11 is -1.98. The van der Waals surface area contributed by atoms with E-state index in [1.807, 2.05) is 37.4 Å². The molecule has 6 nitrogen and oxygen atoms in total. The van der Waals surface area contributed by atoms with E-state index in [2.05, 4.69) is 144 Å². The molecule has 1 atom stereocenters. The van der Waals surface area contributed by atoms with Crippen LogP contribution in [0.1, 0.15) is 104 Å². The quantitative estimate of drug-likeness (QED) is 0.112. The zero-order valence-corrected chi connectivity index (χ0v) is 39.5. The van der Waals surface area contributed by atoms with Crippen LogP contribution >= 0.6 is 0 Å². The molecule has 0 saturated heterocycles. The SMILES string of the molecule is CCC(C)(CC)C(C)c1cc(-c2[c-]cccc2)nc[c]1[Ge]([CH3])([CH3])[CH3].Cc1nccc2nc(-c3[c-]cc4oc5nc(C(C)(C)C)ccc5c4c3)n(C(C)C)c12.[Ir]. The van der Waals surface area contributed by atoms with E-state index in [0.29, 0.717) is 17.0 Å². The first-order valence-corrected chi connectivity index (χ1v) is 26.9. The fraction of sp³-hybridized carbons (Fsp3) is 0.404. The molecule has 0 N–H and O–H groups in total. The molecule has 0 bridgehead atoms. The number of aromatic nitrogens is 5. The summed E-state index contributed by atoms with van der Waals surface area (Å²) in [5, 5.41) is 2.04. The molecule has 2 aromatic carbocycles. The van der Waals surface area contributed by atoms with Crippen molar-refractivity contribution in [2.24, 2.45) is 5.41 Å². The number of hydrogen-bond acceptors (Lipinski definition) is 5. The predicted octanol–water partition coefficient (Wildman–Crippen LogP) is 12.4. The summed E-state index contributed by atoms with van der Waals surface area (Å²) in [6, 6.07) is 27.6. The van der Waals surface area contributed by atoms with Crippen LogP contribution in [0.3, 0.4) is 0 Å². The van der Waals surface area contributed by atoms with Crippen molar-refractivity contribution in [3.63, 3.8) is 0 Å². The van der Waals surface area contributed by atoms with Crippen LogP contribution in [0.2, 0.25) is 17.3 Å². The van der Waals surface area contributed by atoms with Crippen molar-refractivity contribution in [3.05, 3.63) is 102 Å². The van der Waals surface area contributed by atoms with Crippen molar-refractivity contribution in [1.29, 1.82) is 0 Å². The molecule has 0 fully saturated rings. The fourth-order valence-electron chi connectivity index (χ4n) is 7.44. The molecule has 291 valence electrons. The van der Waals surface area contributed by atoms with Gasteiger partial charge in [-0.05, 0) is 39.0 Å². The molecule has 7 aromatic rings. The zero-order valence-electron chi connectivity index (χ0n) is 35.0. The number of aryl methyl sites for hydroxylation is 1. The minimum absolute atomic E-state index is 0. The van der Waals surface area contributed by atoms with Gasteiger partial charge in [0.2, 0.25) is 5.71 Å². The first kappa shape index (κ1) is 42.5. The number of hydrogen-bond donors (Lipinski definition) is 0. The van der Waals surface area contributed by atoms with Crippen molar-refractivity contribution >= 4 is 50.8 Å². The Hall–Kier alpha value is -3.65. The van der Waals surface area contributed by atoms with Gasteiger partial charge in [0.25, 0.3) is 0 Å². The molecule has 0 aliphatic heterocycles. The van der Waals surface area contributed by atoms with Gasteiger partial charge in [0.05, 0.1) is 28.1 Å². The van der Waals surface area contributed by atoms with E-state index in [1.54, 1.807) is 4.40 Å². The number of nitrogens with zero attached hydrogens (tertiary/aromatic N) is 5. The Balaban J connectivity index is 0.000000213. The third-order valence-corrected chi connectivity index (χ3v) is 15.7. The number of furan rings is 1. The standard InChI is InChI=1S/C25H25N4O.C22H32GeN.Ir/c1-14(2)29-22-15(3)26-12-11-19(22)27-23(29)16-7-9-20-18(13-16)17-8-10-21(25(4,5)6)28-24(17)30-20;1-8-22(4,9-2)17(3)19-15-21(18-13-11-10-12-14-18)24-16-20(19)23(5,6)7;/h8-14H,1-6H3;10-13,15-17H,8-9H2,1-7H3;/q2*-1;. The molecule has 5 heterocycles. The molecule has 8 heteroatoms. The number of rotatable bonds is 8. The summed E-state index contributed by atoms with van der Waals surface area (Å²) in [6.45, 7) is 22.3. The fourth-order valence-corrected chi connectivity index (χ4v) is 10.8. The van der Waals surface area contributed by atoms with Gasteiger partial charge >= 0.3 is 151 Å². The molecule has 55 heavy (non-hydrogen) atoms. The monoisotopic (exact) mass is 974 g/mol. The Morgan fingerprint density at radius 1 is 0.855 bits per heavy atom. The molecule has 5 aromatic heterocycles. The van der Waals surface area contributed by atoms with E-state index in [4.69, 9.17) is 19.4 Å². The predicted molar refractivity (Wildman–Crippen MR) is 229 cm³/mol. The average molecular weight is 973 g/mol. The summed E-state index contributed by atoms with van der Waals surface area (Å²) in [6.07, 6.45) is 6.40. The van der Waals surface area contributed by atoms with Crippen molar-refractivity contribution in [2.75, 3.05) is 0 Å². The van der Waals surface area contributed by atoms with E-state index >= 15 is 0 Å². The Morgan fingerprint density at radius 2 is 1.58 bits per heavy atom. The van der Waals surface area contributed by atoms with Crippen molar-refractivity contribution in [2.45, 2.75) is 117 Å². The zero-order chi connectivity index (χ0) is 39.2. The van der Waals surface area contributed by atoms with Crippen LogP contribution in [0, 0.1) is 24.5 Å². The molecule has 0 aliphatic carbocycles. The largest absolute Gasteiger partial charge is 0.486 e. The summed E-state index contributed by atoms with van der Waals surface area (Å²) in [7, 11) is 0. The molecule has 0 spiro atoms. The second kappa shape index (κ2) is 16.4. The molecular formula is C47H57GeIrN5O-2. The topological polar surface area (TPSA) is 69.6 Å². The Bertz CT molecular complexity index is 2410. The molecule has 0 amide bonds. The van der Waals surface area contributed by atoms with E-state index < -0.39 is 13.3 Å². The van der Waals surface area contributed by atoms with E-state index in [1.165, 1.54) is 18.4 Å². The van der Waals surface area contributed by atoms with E-state index in [9.17, 15) is 0 Å². The van der Waals surface area contributed by atoms with Crippen LogP contribution in [-0.4, -0.2) is 37.8 Å². The number of fused-ring (bicyclic) bond motifs is 4. The van der Waals surface area contributed by atoms with Crippen molar-refractivity contribution < 1.29 is 24.5 Å². The Morgan fingerprint density at radius 3 is 2.20 bits per heavy atom. The van der Waals surface area contributed by atoms with Gasteiger partial charge in [-0.25, -0.2) is 4.98 Å². The van der Waals surface area contributed by atoms with Crippen molar-refractivity contribution in [1.82, 2.24) is 24.5 Å². The second-order valence-corrected chi connectivity index (χ2v) is 28.0. The first-order chi connectivity index (χ1) is 25.5. The molecule has 1 radical (unpaired) electrons. The van der Waals surface area contributed by atoms with Crippen LogP contribution < -0.4 is 4.40 Å². The normalized spacial score (nSPS) is 12.9. The first-order valence-electron chi connectivity index (χ1n) is 19.5. The van der Waals surface area contributed by atoms with Gasteiger partial charge in [-0.3, -0.25) is 9.97 Å². The number of pyridine rings is 3. The maximum atomic E-state index is 6.06. The van der Waals surface area contributed by atoms with Crippen molar-refractivity contribution in [3.8, 4) is 22.6 Å². The molecule has 0 saturated carbocycles. The van der Waals surface area contributed by atoms with Gasteiger partial charge in [-0.15, -0.1) is 23.8 Å². The summed E-state index contributed by atoms with van der Waals surface area (Å²) in [4.78, 5) is 19.0. The van der Waals surface area contributed by atoms with Gasteiger partial charge in [0, 0.05) is 48.8 Å². The summed E-state index contributed by atoms with van der Waals surface area (Å²) in [5.74, 6) is 8.84. The van der Waals surface area contributed by atoms with Crippen LogP contribution in [0.15, 0.2) is 77.5 Å². The summed E-state index contributed by atoms with van der Waals surface area (Å²) in [5.41, 5.74) is 10.4. The maximum absolute atomic E-state index is 6.06. The summed E-state index contributed by atoms with van der Waals surface area (Å²) < 4.78 is 9.85. The number of benzene rings is 2. The van der Waals surface area contributed by atoms with Gasteiger partial charge < -0.3 is 8.98 Å². The molecule has 1 unspecified atom stereocenters. The Labute approximate surface area is 344 Å². The minimum atomic E-state index is -1.98. The molecule has 0 aliphatic rings. The number of imidazole rings is 1. The van der Waals surface area contributed by atoms with E-state index in [0.717, 1.165) is 61.4 Å². The van der Waals surface area contributed by atoms with Crippen LogP contribution in [0.5, 0.6) is 0 Å². The third-order valence-electron chi connectivity index (χ3n) is 11.4. The molecule has 7 rings (SSSR count). The Kier molecular flexibility index (Phi) is 12.7. The smallest absolute Gasteiger partial charge is 0.216 e. The van der Waals surface area contributed by atoms with Gasteiger partial charge in [-0.1, -0.05) is 26.2 Å². The third kappa shape index (κ3) is 8.55. The molecular weight excluding hydrogens is 915 g/mol. The van der Waals surface area contributed by atoms with Gasteiger partial charge in [-0.2, -0.15) is 0 Å². The van der Waals surface area contributed by atoms with Crippen LogP contribution in [0.25, 0.3) is 55.7 Å². The average Bonchev–Trinajstić information content (AvgIpc) is 3.73. The van der Waals surface area contributed by atoms with E-state index in [-0.39, 0.29) is 31.6 Å².